The maximum atomic E-state index is 12.1. The lowest BCUT2D eigenvalue weighted by atomic mass is 10.1. The summed E-state index contributed by atoms with van der Waals surface area (Å²) in [5.74, 6) is -3.38. The molecule has 0 unspecified atom stereocenters. The van der Waals surface area contributed by atoms with Crippen LogP contribution in [0, 0.1) is 0 Å². The van der Waals surface area contributed by atoms with Gasteiger partial charge < -0.3 is 24.3 Å². The van der Waals surface area contributed by atoms with Crippen LogP contribution in [-0.2, 0) is 28.5 Å². The molecule has 0 heterocycles. The molecule has 0 radical (unpaired) electrons. The topological polar surface area (TPSA) is 134 Å². The van der Waals surface area contributed by atoms with E-state index >= 15 is 0 Å². The molecule has 0 aliphatic heterocycles. The Kier molecular flexibility index (Phi) is 8.86. The van der Waals surface area contributed by atoms with Crippen LogP contribution in [-0.4, -0.2) is 57.7 Å². The summed E-state index contributed by atoms with van der Waals surface area (Å²) in [7, 11) is 3.62. The van der Waals surface area contributed by atoms with Crippen molar-refractivity contribution in [1.29, 1.82) is 0 Å². The molecule has 0 spiro atoms. The van der Waals surface area contributed by atoms with Crippen LogP contribution in [0.25, 0.3) is 6.08 Å². The number of amides is 1. The van der Waals surface area contributed by atoms with Gasteiger partial charge in [0, 0.05) is 11.8 Å². The van der Waals surface area contributed by atoms with Crippen molar-refractivity contribution < 1.29 is 42.9 Å². The van der Waals surface area contributed by atoms with E-state index in [2.05, 4.69) is 19.5 Å². The van der Waals surface area contributed by atoms with Crippen LogP contribution in [0.5, 0.6) is 0 Å². The molecule has 2 rings (SSSR count). The third-order valence-electron chi connectivity index (χ3n) is 4.15. The number of carbonyl (C=O) groups is 5. The minimum Gasteiger partial charge on any atom is -0.465 e. The van der Waals surface area contributed by atoms with E-state index in [1.54, 1.807) is 12.1 Å². The fourth-order valence-corrected chi connectivity index (χ4v) is 2.57. The molecule has 0 aliphatic carbocycles. The molecule has 0 aliphatic rings. The van der Waals surface area contributed by atoms with Gasteiger partial charge in [-0.15, -0.1) is 0 Å². The van der Waals surface area contributed by atoms with Crippen LogP contribution in [0.3, 0.4) is 0 Å². The summed E-state index contributed by atoms with van der Waals surface area (Å²) in [5, 5.41) is 2.43. The summed E-state index contributed by atoms with van der Waals surface area (Å²) in [6, 6.07) is 10.2. The number of carbonyl (C=O) groups excluding carboxylic acids is 5. The lowest BCUT2D eigenvalue weighted by Gasteiger charge is -2.09. The lowest BCUT2D eigenvalue weighted by Crippen LogP contribution is -2.20. The quantitative estimate of drug-likeness (QED) is 0.361. The minimum absolute atomic E-state index is 0.0221. The van der Waals surface area contributed by atoms with Gasteiger partial charge in [-0.25, -0.2) is 19.2 Å². The van der Waals surface area contributed by atoms with Crippen LogP contribution in [0.15, 0.2) is 48.5 Å². The first kappa shape index (κ1) is 24.8. The predicted molar refractivity (Wildman–Crippen MR) is 116 cm³/mol. The minimum atomic E-state index is -0.777. The van der Waals surface area contributed by atoms with Gasteiger partial charge in [0.05, 0.1) is 38.0 Å². The molecule has 0 fully saturated rings. The van der Waals surface area contributed by atoms with Gasteiger partial charge in [-0.05, 0) is 42.0 Å². The van der Waals surface area contributed by atoms with Crippen molar-refractivity contribution in [2.24, 2.45) is 0 Å². The molecule has 2 aromatic carbocycles. The summed E-state index contributed by atoms with van der Waals surface area (Å²) in [6.07, 6.45) is 2.57. The summed E-state index contributed by atoms with van der Waals surface area (Å²) < 4.78 is 18.7. The van der Waals surface area contributed by atoms with Gasteiger partial charge in [0.1, 0.15) is 0 Å². The zero-order chi connectivity index (χ0) is 24.4. The highest BCUT2D eigenvalue weighted by Crippen LogP contribution is 2.17. The fourth-order valence-electron chi connectivity index (χ4n) is 2.57. The number of methoxy groups -OCH3 is 3. The number of hydrogen-bond acceptors (Lipinski definition) is 9. The number of ether oxygens (including phenoxy) is 4. The Labute approximate surface area is 189 Å². The SMILES string of the molecule is COC(=O)c1ccc(/C=C/C(=O)OCC(=O)Nc2cc(C(=O)OC)cc(C(=O)OC)c2)cc1. The van der Waals surface area contributed by atoms with Crippen molar-refractivity contribution in [3.8, 4) is 0 Å². The van der Waals surface area contributed by atoms with Gasteiger partial charge >= 0.3 is 23.9 Å². The third-order valence-corrected chi connectivity index (χ3v) is 4.15. The second kappa shape index (κ2) is 11.8. The Morgan fingerprint density at radius 3 is 1.79 bits per heavy atom. The van der Waals surface area contributed by atoms with E-state index in [9.17, 15) is 24.0 Å². The van der Waals surface area contributed by atoms with E-state index in [1.165, 1.54) is 57.7 Å². The molecule has 1 amide bonds. The molecule has 0 atom stereocenters. The lowest BCUT2D eigenvalue weighted by molar-refractivity contribution is -0.142. The highest BCUT2D eigenvalue weighted by atomic mass is 16.5. The van der Waals surface area contributed by atoms with E-state index in [-0.39, 0.29) is 16.8 Å². The number of benzene rings is 2. The van der Waals surface area contributed by atoms with Crippen LogP contribution in [0.2, 0.25) is 0 Å². The first-order valence-corrected chi connectivity index (χ1v) is 9.42. The Bertz CT molecular complexity index is 1050. The van der Waals surface area contributed by atoms with Crippen molar-refractivity contribution in [1.82, 2.24) is 0 Å². The standard InChI is InChI=1S/C23H21NO9/c1-30-21(27)15-7-4-14(5-8-15)6-9-20(26)33-13-19(25)24-18-11-16(22(28)31-2)10-17(12-18)23(29)32-3/h4-12H,13H2,1-3H3,(H,24,25)/b9-6+. The predicted octanol–water partition coefficient (Wildman–Crippen LogP) is 2.24. The van der Waals surface area contributed by atoms with Gasteiger partial charge in [0.25, 0.3) is 5.91 Å². The molecule has 2 aromatic rings. The zero-order valence-corrected chi connectivity index (χ0v) is 18.1. The zero-order valence-electron chi connectivity index (χ0n) is 18.1. The summed E-state index contributed by atoms with van der Waals surface area (Å²) in [4.78, 5) is 59.0. The Hall–Kier alpha value is -4.47. The first-order valence-electron chi connectivity index (χ1n) is 9.42. The van der Waals surface area contributed by atoms with Crippen molar-refractivity contribution in [2.45, 2.75) is 0 Å². The Morgan fingerprint density at radius 1 is 0.758 bits per heavy atom. The molecule has 0 saturated carbocycles. The van der Waals surface area contributed by atoms with Gasteiger partial charge in [0.2, 0.25) is 0 Å². The number of rotatable bonds is 8. The van der Waals surface area contributed by atoms with Crippen molar-refractivity contribution >= 4 is 41.5 Å². The average molecular weight is 455 g/mol. The molecular formula is C23H21NO9. The Morgan fingerprint density at radius 2 is 1.27 bits per heavy atom. The van der Waals surface area contributed by atoms with Crippen LogP contribution >= 0.6 is 0 Å². The molecule has 0 bridgehead atoms. The molecule has 10 heteroatoms. The highest BCUT2D eigenvalue weighted by molar-refractivity contribution is 6.00. The van der Waals surface area contributed by atoms with E-state index in [0.717, 1.165) is 6.08 Å². The average Bonchev–Trinajstić information content (AvgIpc) is 2.84. The maximum Gasteiger partial charge on any atom is 0.337 e. The molecule has 0 aromatic heterocycles. The van der Waals surface area contributed by atoms with Crippen molar-refractivity contribution in [2.75, 3.05) is 33.3 Å². The fraction of sp³-hybridized carbons (Fsp3) is 0.174. The van der Waals surface area contributed by atoms with Gasteiger partial charge in [-0.2, -0.15) is 0 Å². The summed E-state index contributed by atoms with van der Waals surface area (Å²) >= 11 is 0. The van der Waals surface area contributed by atoms with E-state index in [1.807, 2.05) is 0 Å². The first-order chi connectivity index (χ1) is 15.8. The summed E-state index contributed by atoms with van der Waals surface area (Å²) in [6.45, 7) is -0.611. The van der Waals surface area contributed by atoms with Crippen molar-refractivity contribution in [3.63, 3.8) is 0 Å². The van der Waals surface area contributed by atoms with Crippen molar-refractivity contribution in [3.05, 3.63) is 70.8 Å². The van der Waals surface area contributed by atoms with E-state index < -0.39 is 36.4 Å². The second-order valence-electron chi connectivity index (χ2n) is 6.39. The molecule has 0 saturated heterocycles. The van der Waals surface area contributed by atoms with Crippen LogP contribution in [0.1, 0.15) is 36.6 Å². The highest BCUT2D eigenvalue weighted by Gasteiger charge is 2.15. The smallest absolute Gasteiger partial charge is 0.337 e. The second-order valence-corrected chi connectivity index (χ2v) is 6.39. The molecule has 172 valence electrons. The van der Waals surface area contributed by atoms with Crippen LogP contribution in [0.4, 0.5) is 5.69 Å². The number of hydrogen-bond donors (Lipinski definition) is 1. The third kappa shape index (κ3) is 7.31. The van der Waals surface area contributed by atoms with Gasteiger partial charge in [-0.1, -0.05) is 12.1 Å². The maximum absolute atomic E-state index is 12.1. The van der Waals surface area contributed by atoms with Crippen LogP contribution < -0.4 is 5.32 Å². The Balaban J connectivity index is 1.97. The molecule has 33 heavy (non-hydrogen) atoms. The van der Waals surface area contributed by atoms with E-state index in [0.29, 0.717) is 11.1 Å². The largest absolute Gasteiger partial charge is 0.465 e. The monoisotopic (exact) mass is 455 g/mol. The summed E-state index contributed by atoms with van der Waals surface area (Å²) in [5.41, 5.74) is 1.14. The van der Waals surface area contributed by atoms with Gasteiger partial charge in [0.15, 0.2) is 6.61 Å². The van der Waals surface area contributed by atoms with Gasteiger partial charge in [-0.3, -0.25) is 4.79 Å². The number of esters is 4. The van der Waals surface area contributed by atoms with E-state index in [4.69, 9.17) is 4.74 Å². The molecular weight excluding hydrogens is 434 g/mol. The molecule has 10 nitrogen and oxygen atoms in total. The number of anilines is 1. The number of nitrogens with one attached hydrogen (secondary N) is 1. The normalized spacial score (nSPS) is 10.3. The molecule has 1 N–H and O–H groups in total.